The summed E-state index contributed by atoms with van der Waals surface area (Å²) in [6.07, 6.45) is 3.19. The standard InChI is InChI=1S/C25H31N3O5/c1-6-17-19-9-10-20(28(19)24(30)33-25(3,4)5)18(22(17)15(13-26)14-27)12-16-8-11-21(32-16)23(29)31-7-2/h6,8,11,15,17-20,22H,1,7,9-10,12H2,2-5H3/t17-,18+,19?,20?,22?/m0/s1. The van der Waals surface area contributed by atoms with Gasteiger partial charge < -0.3 is 18.8 Å². The molecule has 0 saturated carbocycles. The zero-order valence-electron chi connectivity index (χ0n) is 19.6. The number of nitriles is 2. The van der Waals surface area contributed by atoms with E-state index in [0.717, 1.165) is 12.8 Å². The number of furan rings is 1. The maximum atomic E-state index is 13.2. The van der Waals surface area contributed by atoms with Crippen molar-refractivity contribution in [3.8, 4) is 12.1 Å². The van der Waals surface area contributed by atoms with E-state index in [1.54, 1.807) is 30.0 Å². The van der Waals surface area contributed by atoms with E-state index < -0.39 is 23.6 Å². The first-order chi connectivity index (χ1) is 15.6. The molecular formula is C25H31N3O5. The van der Waals surface area contributed by atoms with Gasteiger partial charge in [0.05, 0.1) is 18.7 Å². The van der Waals surface area contributed by atoms with E-state index >= 15 is 0 Å². The Morgan fingerprint density at radius 3 is 2.52 bits per heavy atom. The third kappa shape index (κ3) is 4.90. The number of carbonyl (C=O) groups is 2. The summed E-state index contributed by atoms with van der Waals surface area (Å²) >= 11 is 0. The van der Waals surface area contributed by atoms with Crippen molar-refractivity contribution in [1.29, 1.82) is 10.5 Å². The number of amides is 1. The molecule has 0 N–H and O–H groups in total. The molecule has 3 unspecified atom stereocenters. The number of esters is 1. The van der Waals surface area contributed by atoms with Gasteiger partial charge in [-0.15, -0.1) is 6.58 Å². The molecule has 0 aliphatic carbocycles. The van der Waals surface area contributed by atoms with Crippen molar-refractivity contribution >= 4 is 12.1 Å². The summed E-state index contributed by atoms with van der Waals surface area (Å²) in [6, 6.07) is 7.16. The van der Waals surface area contributed by atoms with Gasteiger partial charge in [0.15, 0.2) is 0 Å². The van der Waals surface area contributed by atoms with Crippen LogP contribution < -0.4 is 0 Å². The first-order valence-electron chi connectivity index (χ1n) is 11.3. The molecule has 3 rings (SSSR count). The van der Waals surface area contributed by atoms with Gasteiger partial charge in [-0.1, -0.05) is 6.08 Å². The lowest BCUT2D eigenvalue weighted by atomic mass is 9.66. The molecule has 2 fully saturated rings. The fourth-order valence-corrected chi connectivity index (χ4v) is 5.34. The smallest absolute Gasteiger partial charge is 0.410 e. The maximum absolute atomic E-state index is 13.2. The van der Waals surface area contributed by atoms with Crippen molar-refractivity contribution in [2.45, 2.75) is 64.6 Å². The predicted octanol–water partition coefficient (Wildman–Crippen LogP) is 4.48. The lowest BCUT2D eigenvalue weighted by molar-refractivity contribution is -0.0298. The Balaban J connectivity index is 1.98. The highest BCUT2D eigenvalue weighted by atomic mass is 16.6. The number of piperidine rings is 1. The van der Waals surface area contributed by atoms with Crippen LogP contribution in [0.15, 0.2) is 29.2 Å². The van der Waals surface area contributed by atoms with E-state index in [1.807, 2.05) is 20.8 Å². The van der Waals surface area contributed by atoms with E-state index in [4.69, 9.17) is 13.9 Å². The highest BCUT2D eigenvalue weighted by molar-refractivity contribution is 5.86. The molecule has 3 heterocycles. The van der Waals surface area contributed by atoms with Gasteiger partial charge in [0, 0.05) is 30.3 Å². The van der Waals surface area contributed by atoms with Crippen molar-refractivity contribution in [2.24, 2.45) is 23.7 Å². The molecule has 2 saturated heterocycles. The zero-order valence-corrected chi connectivity index (χ0v) is 19.6. The number of nitrogens with zero attached hydrogens (tertiary/aromatic N) is 3. The highest BCUT2D eigenvalue weighted by Gasteiger charge is 2.56. The molecule has 1 amide bonds. The van der Waals surface area contributed by atoms with Crippen molar-refractivity contribution < 1.29 is 23.5 Å². The average molecular weight is 454 g/mol. The van der Waals surface area contributed by atoms with Gasteiger partial charge in [-0.3, -0.25) is 0 Å². The Morgan fingerprint density at radius 1 is 1.27 bits per heavy atom. The van der Waals surface area contributed by atoms with E-state index in [0.29, 0.717) is 12.2 Å². The first-order valence-corrected chi connectivity index (χ1v) is 11.3. The minimum atomic E-state index is -0.860. The van der Waals surface area contributed by atoms with Gasteiger partial charge in [-0.25, -0.2) is 9.59 Å². The van der Waals surface area contributed by atoms with Crippen LogP contribution in [0.25, 0.3) is 0 Å². The van der Waals surface area contributed by atoms with Gasteiger partial charge in [0.2, 0.25) is 5.76 Å². The summed E-state index contributed by atoms with van der Waals surface area (Å²) in [4.78, 5) is 27.0. The third-order valence-electron chi connectivity index (χ3n) is 6.46. The first kappa shape index (κ1) is 24.4. The fraction of sp³-hybridized carbons (Fsp3) is 0.600. The Hall–Kier alpha value is -3.26. The Bertz CT molecular complexity index is 965. The third-order valence-corrected chi connectivity index (χ3v) is 6.46. The Morgan fingerprint density at radius 2 is 1.94 bits per heavy atom. The van der Waals surface area contributed by atoms with Crippen LogP contribution in [-0.2, 0) is 15.9 Å². The van der Waals surface area contributed by atoms with Crippen LogP contribution in [0.4, 0.5) is 4.79 Å². The number of hydrogen-bond donors (Lipinski definition) is 0. The van der Waals surface area contributed by atoms with Crippen molar-refractivity contribution in [3.63, 3.8) is 0 Å². The van der Waals surface area contributed by atoms with Gasteiger partial charge in [0.25, 0.3) is 0 Å². The zero-order chi connectivity index (χ0) is 24.3. The van der Waals surface area contributed by atoms with E-state index in [2.05, 4.69) is 18.7 Å². The molecule has 8 heteroatoms. The molecule has 33 heavy (non-hydrogen) atoms. The number of fused-ring (bicyclic) bond motifs is 2. The van der Waals surface area contributed by atoms with E-state index in [-0.39, 0.29) is 42.2 Å². The molecule has 176 valence electrons. The van der Waals surface area contributed by atoms with Crippen LogP contribution in [0.3, 0.4) is 0 Å². The van der Waals surface area contributed by atoms with Crippen molar-refractivity contribution in [2.75, 3.05) is 6.61 Å². The Labute approximate surface area is 194 Å². The lowest BCUT2D eigenvalue weighted by Gasteiger charge is -2.48. The molecule has 0 aromatic carbocycles. The monoisotopic (exact) mass is 453 g/mol. The van der Waals surface area contributed by atoms with Gasteiger partial charge in [-0.05, 0) is 58.6 Å². The molecule has 2 bridgehead atoms. The number of hydrogen-bond acceptors (Lipinski definition) is 7. The van der Waals surface area contributed by atoms with Gasteiger partial charge >= 0.3 is 12.1 Å². The topological polar surface area (TPSA) is 117 Å². The summed E-state index contributed by atoms with van der Waals surface area (Å²) in [5, 5.41) is 19.5. The average Bonchev–Trinajstić information content (AvgIpc) is 3.36. The highest BCUT2D eigenvalue weighted by Crippen LogP contribution is 2.50. The number of carbonyl (C=O) groups excluding carboxylic acids is 2. The second-order valence-corrected chi connectivity index (χ2v) is 9.58. The molecule has 1 aromatic heterocycles. The van der Waals surface area contributed by atoms with Crippen LogP contribution in [0, 0.1) is 46.3 Å². The molecule has 8 nitrogen and oxygen atoms in total. The van der Waals surface area contributed by atoms with Crippen molar-refractivity contribution in [1.82, 2.24) is 4.90 Å². The molecule has 0 spiro atoms. The quantitative estimate of drug-likeness (QED) is 0.460. The minimum Gasteiger partial charge on any atom is -0.460 e. The summed E-state index contributed by atoms with van der Waals surface area (Å²) in [6.45, 7) is 11.4. The molecule has 2 aliphatic rings. The molecule has 2 aliphatic heterocycles. The Kier molecular flexibility index (Phi) is 7.17. The van der Waals surface area contributed by atoms with Gasteiger partial charge in [0.1, 0.15) is 17.3 Å². The van der Waals surface area contributed by atoms with Gasteiger partial charge in [-0.2, -0.15) is 10.5 Å². The van der Waals surface area contributed by atoms with Crippen LogP contribution >= 0.6 is 0 Å². The summed E-state index contributed by atoms with van der Waals surface area (Å²) in [5.41, 5.74) is -0.649. The number of rotatable bonds is 6. The molecule has 5 atom stereocenters. The minimum absolute atomic E-state index is 0.102. The van der Waals surface area contributed by atoms with E-state index in [9.17, 15) is 20.1 Å². The molecular weight excluding hydrogens is 422 g/mol. The summed E-state index contributed by atoms with van der Waals surface area (Å²) in [5.74, 6) is -1.58. The molecule has 0 radical (unpaired) electrons. The maximum Gasteiger partial charge on any atom is 0.410 e. The van der Waals surface area contributed by atoms with Crippen LogP contribution in [-0.4, -0.2) is 41.3 Å². The molecule has 1 aromatic rings. The lowest BCUT2D eigenvalue weighted by Crippen LogP contribution is -2.58. The fourth-order valence-electron chi connectivity index (χ4n) is 5.34. The normalized spacial score (nSPS) is 26.4. The van der Waals surface area contributed by atoms with Crippen LogP contribution in [0.2, 0.25) is 0 Å². The second-order valence-electron chi connectivity index (χ2n) is 9.58. The van der Waals surface area contributed by atoms with Crippen LogP contribution in [0.1, 0.15) is 56.9 Å². The summed E-state index contributed by atoms with van der Waals surface area (Å²) < 4.78 is 16.4. The van der Waals surface area contributed by atoms with E-state index in [1.165, 1.54) is 0 Å². The second kappa shape index (κ2) is 9.70. The summed E-state index contributed by atoms with van der Waals surface area (Å²) in [7, 11) is 0. The number of ether oxygens (including phenoxy) is 2. The largest absolute Gasteiger partial charge is 0.460 e. The van der Waals surface area contributed by atoms with Crippen molar-refractivity contribution in [3.05, 3.63) is 36.3 Å². The predicted molar refractivity (Wildman–Crippen MR) is 119 cm³/mol. The SMILES string of the molecule is C=C[C@@H]1C(C(C#N)C#N)[C@H](Cc2ccc(C(=O)OCC)o2)C2CCC1N2C(=O)OC(C)(C)C. The van der Waals surface area contributed by atoms with Crippen LogP contribution in [0.5, 0.6) is 0 Å².